The van der Waals surface area contributed by atoms with Gasteiger partial charge in [-0.15, -0.1) is 0 Å². The highest BCUT2D eigenvalue weighted by molar-refractivity contribution is 7.80. The molecule has 0 aliphatic heterocycles. The quantitative estimate of drug-likeness (QED) is 0.785. The summed E-state index contributed by atoms with van der Waals surface area (Å²) >= 11 is 4.76. The number of hydrogen-bond donors (Lipinski definition) is 1. The molecule has 0 bridgehead atoms. The summed E-state index contributed by atoms with van der Waals surface area (Å²) in [5.41, 5.74) is 5.20. The highest BCUT2D eigenvalue weighted by atomic mass is 32.1. The van der Waals surface area contributed by atoms with E-state index in [-0.39, 0.29) is 17.1 Å². The predicted molar refractivity (Wildman–Crippen MR) is 67.8 cm³/mol. The van der Waals surface area contributed by atoms with Crippen molar-refractivity contribution in [2.24, 2.45) is 11.7 Å². The number of pyridine rings is 1. The van der Waals surface area contributed by atoms with E-state index in [0.29, 0.717) is 18.3 Å². The smallest absolute Gasteiger partial charge is 0.293 e. The first-order valence-electron chi connectivity index (χ1n) is 5.11. The molecule has 1 aromatic rings. The van der Waals surface area contributed by atoms with Gasteiger partial charge in [0, 0.05) is 6.20 Å². The van der Waals surface area contributed by atoms with Crippen LogP contribution in [0, 0.1) is 5.92 Å². The minimum absolute atomic E-state index is 0.198. The largest absolute Gasteiger partial charge is 0.488 e. The summed E-state index contributed by atoms with van der Waals surface area (Å²) in [7, 11) is 0. The maximum atomic E-state index is 11.8. The van der Waals surface area contributed by atoms with Gasteiger partial charge >= 0.3 is 0 Å². The lowest BCUT2D eigenvalue weighted by molar-refractivity contribution is 0.266. The summed E-state index contributed by atoms with van der Waals surface area (Å²) in [5, 5.41) is 0. The zero-order chi connectivity index (χ0) is 12.1. The molecule has 1 heterocycles. The number of hydrogen-bond acceptors (Lipinski definition) is 3. The van der Waals surface area contributed by atoms with Gasteiger partial charge in [-0.05, 0) is 18.1 Å². The van der Waals surface area contributed by atoms with E-state index in [4.69, 9.17) is 22.7 Å². The summed E-state index contributed by atoms with van der Waals surface area (Å²) < 4.78 is 6.85. The van der Waals surface area contributed by atoms with Crippen molar-refractivity contribution in [2.45, 2.75) is 20.4 Å². The molecule has 0 unspecified atom stereocenters. The number of ether oxygens (including phenoxy) is 1. The highest BCUT2D eigenvalue weighted by Gasteiger charge is 2.05. The Morgan fingerprint density at radius 2 is 2.31 bits per heavy atom. The van der Waals surface area contributed by atoms with E-state index in [9.17, 15) is 4.79 Å². The van der Waals surface area contributed by atoms with E-state index in [1.807, 2.05) is 13.8 Å². The SMILES string of the molecule is CC(C)COc1cccn(CC(N)=S)c1=O. The first-order valence-corrected chi connectivity index (χ1v) is 5.52. The molecule has 4 nitrogen and oxygen atoms in total. The molecule has 1 aromatic heterocycles. The Morgan fingerprint density at radius 1 is 1.62 bits per heavy atom. The fourth-order valence-electron chi connectivity index (χ4n) is 1.17. The van der Waals surface area contributed by atoms with E-state index >= 15 is 0 Å². The summed E-state index contributed by atoms with van der Waals surface area (Å²) in [5.74, 6) is 0.719. The molecule has 0 saturated heterocycles. The molecular formula is C11H16N2O2S. The number of nitrogens with two attached hydrogens (primary N) is 1. The molecule has 1 rings (SSSR count). The summed E-state index contributed by atoms with van der Waals surface area (Å²) in [6.07, 6.45) is 1.64. The van der Waals surface area contributed by atoms with Crippen molar-refractivity contribution in [3.63, 3.8) is 0 Å². The molecule has 88 valence electrons. The van der Waals surface area contributed by atoms with Crippen LogP contribution in [0.5, 0.6) is 5.75 Å². The Morgan fingerprint density at radius 3 is 2.88 bits per heavy atom. The zero-order valence-corrected chi connectivity index (χ0v) is 10.3. The minimum Gasteiger partial charge on any atom is -0.488 e. The Hall–Kier alpha value is -1.36. The second-order valence-corrected chi connectivity index (χ2v) is 4.50. The topological polar surface area (TPSA) is 57.2 Å². The molecule has 0 saturated carbocycles. The summed E-state index contributed by atoms with van der Waals surface area (Å²) in [6.45, 7) is 4.81. The van der Waals surface area contributed by atoms with Gasteiger partial charge in [0.05, 0.1) is 18.1 Å². The Bertz CT molecular complexity index is 426. The van der Waals surface area contributed by atoms with E-state index in [2.05, 4.69) is 0 Å². The molecular weight excluding hydrogens is 224 g/mol. The average molecular weight is 240 g/mol. The van der Waals surface area contributed by atoms with Crippen LogP contribution in [0.4, 0.5) is 0 Å². The number of rotatable bonds is 5. The maximum absolute atomic E-state index is 11.8. The van der Waals surface area contributed by atoms with Crippen molar-refractivity contribution >= 4 is 17.2 Å². The van der Waals surface area contributed by atoms with Crippen LogP contribution in [0.1, 0.15) is 13.8 Å². The first-order chi connectivity index (χ1) is 7.50. The zero-order valence-electron chi connectivity index (χ0n) is 9.47. The standard InChI is InChI=1S/C11H16N2O2S/c1-8(2)7-15-9-4-3-5-13(11(9)14)6-10(12)16/h3-5,8H,6-7H2,1-2H3,(H2,12,16). The van der Waals surface area contributed by atoms with Gasteiger partial charge in [-0.3, -0.25) is 4.79 Å². The van der Waals surface area contributed by atoms with Gasteiger partial charge in [0.25, 0.3) is 5.56 Å². The van der Waals surface area contributed by atoms with Crippen LogP contribution in [-0.4, -0.2) is 16.2 Å². The van der Waals surface area contributed by atoms with Crippen molar-refractivity contribution in [2.75, 3.05) is 6.61 Å². The third-order valence-electron chi connectivity index (χ3n) is 1.88. The van der Waals surface area contributed by atoms with Crippen molar-refractivity contribution < 1.29 is 4.74 Å². The van der Waals surface area contributed by atoms with Crippen LogP contribution in [0.3, 0.4) is 0 Å². The maximum Gasteiger partial charge on any atom is 0.293 e. The number of thiocarbonyl (C=S) groups is 1. The minimum atomic E-state index is -0.198. The van der Waals surface area contributed by atoms with Gasteiger partial charge in [0.15, 0.2) is 5.75 Å². The van der Waals surface area contributed by atoms with Gasteiger partial charge in [-0.2, -0.15) is 0 Å². The molecule has 0 radical (unpaired) electrons. The van der Waals surface area contributed by atoms with E-state index < -0.39 is 0 Å². The monoisotopic (exact) mass is 240 g/mol. The summed E-state index contributed by atoms with van der Waals surface area (Å²) in [6, 6.07) is 3.40. The lowest BCUT2D eigenvalue weighted by atomic mass is 10.2. The van der Waals surface area contributed by atoms with E-state index in [0.717, 1.165) is 0 Å². The Labute approximate surface area is 100 Å². The van der Waals surface area contributed by atoms with Crippen LogP contribution >= 0.6 is 12.2 Å². The predicted octanol–water partition coefficient (Wildman–Crippen LogP) is 1.17. The van der Waals surface area contributed by atoms with Gasteiger partial charge in [-0.1, -0.05) is 26.1 Å². The highest BCUT2D eigenvalue weighted by Crippen LogP contribution is 2.04. The molecule has 0 aliphatic carbocycles. The third kappa shape index (κ3) is 3.66. The lowest BCUT2D eigenvalue weighted by Crippen LogP contribution is -2.27. The molecule has 0 amide bonds. The fourth-order valence-corrected chi connectivity index (χ4v) is 1.31. The van der Waals surface area contributed by atoms with Gasteiger partial charge in [0.1, 0.15) is 0 Å². The molecule has 5 heteroatoms. The Balaban J connectivity index is 2.86. The number of aromatic nitrogens is 1. The summed E-state index contributed by atoms with van der Waals surface area (Å²) in [4.78, 5) is 12.1. The van der Waals surface area contributed by atoms with Crippen LogP contribution < -0.4 is 16.0 Å². The van der Waals surface area contributed by atoms with Crippen LogP contribution in [0.2, 0.25) is 0 Å². The first kappa shape index (κ1) is 12.7. The number of nitrogens with zero attached hydrogens (tertiary/aromatic N) is 1. The van der Waals surface area contributed by atoms with Crippen LogP contribution in [0.25, 0.3) is 0 Å². The molecule has 0 atom stereocenters. The van der Waals surface area contributed by atoms with Crippen molar-refractivity contribution in [3.05, 3.63) is 28.7 Å². The average Bonchev–Trinajstić information content (AvgIpc) is 2.18. The Kier molecular flexibility index (Phi) is 4.49. The van der Waals surface area contributed by atoms with Gasteiger partial charge < -0.3 is 15.0 Å². The second kappa shape index (κ2) is 5.65. The molecule has 0 aliphatic rings. The van der Waals surface area contributed by atoms with Crippen molar-refractivity contribution in [3.8, 4) is 5.75 Å². The van der Waals surface area contributed by atoms with Crippen LogP contribution in [0.15, 0.2) is 23.1 Å². The van der Waals surface area contributed by atoms with E-state index in [1.54, 1.807) is 18.3 Å². The molecule has 0 aromatic carbocycles. The van der Waals surface area contributed by atoms with Crippen LogP contribution in [-0.2, 0) is 6.54 Å². The molecule has 16 heavy (non-hydrogen) atoms. The fraction of sp³-hybridized carbons (Fsp3) is 0.455. The van der Waals surface area contributed by atoms with Gasteiger partial charge in [-0.25, -0.2) is 0 Å². The van der Waals surface area contributed by atoms with E-state index in [1.165, 1.54) is 4.57 Å². The molecule has 0 spiro atoms. The molecule has 0 fully saturated rings. The third-order valence-corrected chi connectivity index (χ3v) is 2.01. The van der Waals surface area contributed by atoms with Gasteiger partial charge in [0.2, 0.25) is 0 Å². The lowest BCUT2D eigenvalue weighted by Gasteiger charge is -2.10. The second-order valence-electron chi connectivity index (χ2n) is 3.98. The van der Waals surface area contributed by atoms with Crippen molar-refractivity contribution in [1.82, 2.24) is 4.57 Å². The van der Waals surface area contributed by atoms with Crippen molar-refractivity contribution in [1.29, 1.82) is 0 Å². The normalized spacial score (nSPS) is 10.4. The molecule has 2 N–H and O–H groups in total.